The maximum atomic E-state index is 11.4. The van der Waals surface area contributed by atoms with Crippen molar-refractivity contribution in [3.8, 4) is 0 Å². The van der Waals surface area contributed by atoms with Gasteiger partial charge in [0.15, 0.2) is 0 Å². The van der Waals surface area contributed by atoms with Gasteiger partial charge in [-0.25, -0.2) is 0 Å². The number of hydrogen-bond acceptors (Lipinski definition) is 2. The third kappa shape index (κ3) is 2.70. The Hall–Kier alpha value is -1.10. The number of carbonyl (C=O) groups is 1. The number of amides is 1. The van der Waals surface area contributed by atoms with E-state index in [1.165, 1.54) is 10.6 Å². The number of pyridine rings is 1. The van der Waals surface area contributed by atoms with Crippen LogP contribution in [0.5, 0.6) is 0 Å². The Balaban J connectivity index is 2.81. The summed E-state index contributed by atoms with van der Waals surface area (Å²) >= 11 is 3.20. The zero-order valence-electron chi connectivity index (χ0n) is 7.79. The molecule has 0 fully saturated rings. The first-order valence-corrected chi connectivity index (χ1v) is 5.28. The van der Waals surface area contributed by atoms with Crippen LogP contribution in [0.25, 0.3) is 0 Å². The molecule has 4 nitrogen and oxygen atoms in total. The molecule has 1 aromatic heterocycles. The lowest BCUT2D eigenvalue weighted by atomic mass is 10.2. The zero-order valence-corrected chi connectivity index (χ0v) is 9.37. The number of halogens is 1. The van der Waals surface area contributed by atoms with Crippen LogP contribution < -0.4 is 10.9 Å². The average Bonchev–Trinajstić information content (AvgIpc) is 2.18. The molecular weight excluding hydrogens is 248 g/mol. The fraction of sp³-hybridized carbons (Fsp3) is 0.333. The molecule has 1 amide bonds. The summed E-state index contributed by atoms with van der Waals surface area (Å²) in [4.78, 5) is 22.6. The highest BCUT2D eigenvalue weighted by molar-refractivity contribution is 9.09. The van der Waals surface area contributed by atoms with E-state index in [4.69, 9.17) is 0 Å². The molecular formula is C9H11BrN2O2. The molecule has 0 spiro atoms. The highest BCUT2D eigenvalue weighted by Gasteiger charge is 2.04. The fourth-order valence-corrected chi connectivity index (χ4v) is 1.15. The third-order valence-corrected chi connectivity index (χ3v) is 2.14. The summed E-state index contributed by atoms with van der Waals surface area (Å²) in [6.07, 6.45) is 1.57. The Bertz CT molecular complexity index is 387. The van der Waals surface area contributed by atoms with Crippen LogP contribution in [0.15, 0.2) is 23.1 Å². The number of hydrogen-bond donors (Lipinski definition) is 1. The van der Waals surface area contributed by atoms with E-state index in [1.807, 2.05) is 0 Å². The Morgan fingerprint density at radius 3 is 2.93 bits per heavy atom. The molecule has 0 aliphatic carbocycles. The molecule has 0 unspecified atom stereocenters. The summed E-state index contributed by atoms with van der Waals surface area (Å²) in [5, 5.41) is 3.36. The van der Waals surface area contributed by atoms with E-state index in [0.717, 1.165) is 0 Å². The molecule has 76 valence electrons. The van der Waals surface area contributed by atoms with Crippen LogP contribution in [-0.2, 0) is 7.05 Å². The monoisotopic (exact) mass is 258 g/mol. The highest BCUT2D eigenvalue weighted by atomic mass is 79.9. The van der Waals surface area contributed by atoms with Gasteiger partial charge in [0.05, 0.1) is 0 Å². The molecule has 1 rings (SSSR count). The smallest absolute Gasteiger partial charge is 0.251 e. The number of nitrogens with one attached hydrogen (secondary N) is 1. The minimum Gasteiger partial charge on any atom is -0.351 e. The number of carbonyl (C=O) groups excluding carboxylic acids is 1. The largest absolute Gasteiger partial charge is 0.351 e. The first kappa shape index (κ1) is 11.0. The molecule has 0 aliphatic heterocycles. The maximum absolute atomic E-state index is 11.4. The van der Waals surface area contributed by atoms with Crippen LogP contribution in [0.4, 0.5) is 0 Å². The molecule has 0 radical (unpaired) electrons. The van der Waals surface area contributed by atoms with Gasteiger partial charge in [-0.3, -0.25) is 9.59 Å². The van der Waals surface area contributed by atoms with E-state index in [9.17, 15) is 9.59 Å². The van der Waals surface area contributed by atoms with Crippen molar-refractivity contribution >= 4 is 21.8 Å². The van der Waals surface area contributed by atoms with Crippen LogP contribution in [0.2, 0.25) is 0 Å². The summed E-state index contributed by atoms with van der Waals surface area (Å²) < 4.78 is 1.42. The number of rotatable bonds is 3. The Morgan fingerprint density at radius 1 is 1.64 bits per heavy atom. The van der Waals surface area contributed by atoms with E-state index in [2.05, 4.69) is 21.2 Å². The van der Waals surface area contributed by atoms with Gasteiger partial charge >= 0.3 is 0 Å². The second kappa shape index (κ2) is 4.95. The van der Waals surface area contributed by atoms with Crippen molar-refractivity contribution in [3.05, 3.63) is 34.2 Å². The first-order valence-electron chi connectivity index (χ1n) is 4.16. The predicted molar refractivity (Wildman–Crippen MR) is 57.8 cm³/mol. The van der Waals surface area contributed by atoms with Gasteiger partial charge in [-0.05, 0) is 6.07 Å². The van der Waals surface area contributed by atoms with Crippen molar-refractivity contribution in [2.24, 2.45) is 7.05 Å². The second-order valence-corrected chi connectivity index (χ2v) is 3.60. The van der Waals surface area contributed by atoms with Crippen molar-refractivity contribution in [3.63, 3.8) is 0 Å². The molecule has 0 aliphatic rings. The van der Waals surface area contributed by atoms with Gasteiger partial charge < -0.3 is 9.88 Å². The standard InChI is InChI=1S/C9H11BrN2O2/c1-12-5-2-7(6-8(12)13)9(14)11-4-3-10/h2,5-6H,3-4H2,1H3,(H,11,14). The highest BCUT2D eigenvalue weighted by Crippen LogP contribution is 1.93. The lowest BCUT2D eigenvalue weighted by Crippen LogP contribution is -2.27. The van der Waals surface area contributed by atoms with E-state index in [0.29, 0.717) is 17.4 Å². The van der Waals surface area contributed by atoms with Crippen LogP contribution in [0.1, 0.15) is 10.4 Å². The summed E-state index contributed by atoms with van der Waals surface area (Å²) in [7, 11) is 1.64. The molecule has 0 bridgehead atoms. The third-order valence-electron chi connectivity index (χ3n) is 1.75. The molecule has 1 heterocycles. The molecule has 5 heteroatoms. The van der Waals surface area contributed by atoms with Crippen LogP contribution in [0.3, 0.4) is 0 Å². The van der Waals surface area contributed by atoms with E-state index < -0.39 is 0 Å². The minimum absolute atomic E-state index is 0.184. The number of alkyl halides is 1. The fourth-order valence-electron chi connectivity index (χ4n) is 0.953. The average molecular weight is 259 g/mol. The number of aryl methyl sites for hydroxylation is 1. The number of aromatic nitrogens is 1. The number of nitrogens with zero attached hydrogens (tertiary/aromatic N) is 1. The molecule has 14 heavy (non-hydrogen) atoms. The van der Waals surface area contributed by atoms with Gasteiger partial charge in [0.1, 0.15) is 0 Å². The lowest BCUT2D eigenvalue weighted by Gasteiger charge is -2.03. The summed E-state index contributed by atoms with van der Waals surface area (Å²) in [6.45, 7) is 0.550. The quantitative estimate of drug-likeness (QED) is 0.804. The summed E-state index contributed by atoms with van der Waals surface area (Å²) in [5.41, 5.74) is 0.213. The van der Waals surface area contributed by atoms with Crippen molar-refractivity contribution < 1.29 is 4.79 Å². The molecule has 0 aromatic carbocycles. The lowest BCUT2D eigenvalue weighted by molar-refractivity contribution is 0.0956. The SMILES string of the molecule is Cn1ccc(C(=O)NCCBr)cc1=O. The predicted octanol–water partition coefficient (Wildman–Crippen LogP) is 0.510. The molecule has 0 atom stereocenters. The normalized spacial score (nSPS) is 9.86. The second-order valence-electron chi connectivity index (χ2n) is 2.81. The van der Waals surface area contributed by atoms with Gasteiger partial charge in [-0.2, -0.15) is 0 Å². The zero-order chi connectivity index (χ0) is 10.6. The molecule has 0 saturated carbocycles. The van der Waals surface area contributed by atoms with Gasteiger partial charge in [0.25, 0.3) is 11.5 Å². The van der Waals surface area contributed by atoms with Crippen molar-refractivity contribution in [1.82, 2.24) is 9.88 Å². The first-order chi connectivity index (χ1) is 6.65. The van der Waals surface area contributed by atoms with Crippen LogP contribution in [0, 0.1) is 0 Å². The van der Waals surface area contributed by atoms with Gasteiger partial charge in [-0.1, -0.05) is 15.9 Å². The molecule has 0 saturated heterocycles. The van der Waals surface area contributed by atoms with Crippen molar-refractivity contribution in [2.45, 2.75) is 0 Å². The van der Waals surface area contributed by atoms with Crippen molar-refractivity contribution in [2.75, 3.05) is 11.9 Å². The molecule has 1 aromatic rings. The molecule has 1 N–H and O–H groups in total. The Morgan fingerprint density at radius 2 is 2.36 bits per heavy atom. The van der Waals surface area contributed by atoms with Gasteiger partial charge in [-0.15, -0.1) is 0 Å². The van der Waals surface area contributed by atoms with E-state index in [-0.39, 0.29) is 11.5 Å². The Labute approximate surface area is 90.1 Å². The summed E-state index contributed by atoms with van der Waals surface area (Å²) in [6, 6.07) is 2.94. The topological polar surface area (TPSA) is 51.1 Å². The van der Waals surface area contributed by atoms with Crippen LogP contribution >= 0.6 is 15.9 Å². The minimum atomic E-state index is -0.220. The maximum Gasteiger partial charge on any atom is 0.251 e. The van der Waals surface area contributed by atoms with Crippen LogP contribution in [-0.4, -0.2) is 22.3 Å². The van der Waals surface area contributed by atoms with Gasteiger partial charge in [0, 0.05) is 36.7 Å². The van der Waals surface area contributed by atoms with E-state index >= 15 is 0 Å². The van der Waals surface area contributed by atoms with Gasteiger partial charge in [0.2, 0.25) is 0 Å². The summed E-state index contributed by atoms with van der Waals surface area (Å²) in [5.74, 6) is -0.220. The van der Waals surface area contributed by atoms with Crippen molar-refractivity contribution in [1.29, 1.82) is 0 Å². The van der Waals surface area contributed by atoms with E-state index in [1.54, 1.807) is 19.3 Å². The Kier molecular flexibility index (Phi) is 3.88.